The van der Waals surface area contributed by atoms with Crippen LogP contribution >= 0.6 is 0 Å². The maximum atomic E-state index is 13.4. The normalized spacial score (nSPS) is 10.7. The molecule has 2 aromatic carbocycles. The highest BCUT2D eigenvalue weighted by Crippen LogP contribution is 2.23. The second-order valence-electron chi connectivity index (χ2n) is 4.95. The van der Waals surface area contributed by atoms with Crippen molar-refractivity contribution in [1.29, 1.82) is 0 Å². The third kappa shape index (κ3) is 4.85. The number of carbonyl (C=O) groups excluding carboxylic acids is 1. The van der Waals surface area contributed by atoms with Crippen LogP contribution in [0.4, 0.5) is 15.8 Å². The van der Waals surface area contributed by atoms with Gasteiger partial charge in [0.2, 0.25) is 5.91 Å². The number of halogens is 1. The summed E-state index contributed by atoms with van der Waals surface area (Å²) in [5.74, 6) is -0.268. The van der Waals surface area contributed by atoms with Crippen molar-refractivity contribution in [3.63, 3.8) is 0 Å². The van der Waals surface area contributed by atoms with Crippen molar-refractivity contribution in [2.75, 3.05) is 17.7 Å². The van der Waals surface area contributed by atoms with Crippen LogP contribution in [0.15, 0.2) is 48.5 Å². The number of hydrogen-bond donors (Lipinski definition) is 2. The van der Waals surface area contributed by atoms with Crippen LogP contribution in [0.25, 0.3) is 6.08 Å². The van der Waals surface area contributed by atoms with Gasteiger partial charge in [-0.15, -0.1) is 0 Å². The number of benzene rings is 2. The Bertz CT molecular complexity index is 714. The van der Waals surface area contributed by atoms with Crippen molar-refractivity contribution in [3.05, 3.63) is 59.9 Å². The number of nitrogens with two attached hydrogens (primary N) is 1. The van der Waals surface area contributed by atoms with Crippen LogP contribution in [0, 0.1) is 5.82 Å². The Balaban J connectivity index is 2.01. The Kier molecular flexibility index (Phi) is 5.74. The Morgan fingerprint density at radius 1 is 1.30 bits per heavy atom. The lowest BCUT2D eigenvalue weighted by Gasteiger charge is -2.08. The first-order valence-corrected chi connectivity index (χ1v) is 7.36. The highest BCUT2D eigenvalue weighted by atomic mass is 19.1. The van der Waals surface area contributed by atoms with E-state index in [4.69, 9.17) is 10.5 Å². The number of nitrogen functional groups attached to an aromatic ring is 1. The molecule has 0 atom stereocenters. The summed E-state index contributed by atoms with van der Waals surface area (Å²) >= 11 is 0. The summed E-state index contributed by atoms with van der Waals surface area (Å²) in [5, 5.41) is 2.48. The molecule has 0 aromatic heterocycles. The molecule has 0 heterocycles. The number of rotatable bonds is 6. The van der Waals surface area contributed by atoms with Crippen LogP contribution in [0.3, 0.4) is 0 Å². The summed E-state index contributed by atoms with van der Waals surface area (Å²) < 4.78 is 18.9. The van der Waals surface area contributed by atoms with Gasteiger partial charge in [0.25, 0.3) is 0 Å². The summed E-state index contributed by atoms with van der Waals surface area (Å²) in [4.78, 5) is 11.8. The van der Waals surface area contributed by atoms with E-state index in [9.17, 15) is 9.18 Å². The molecule has 0 aliphatic rings. The smallest absolute Gasteiger partial charge is 0.248 e. The molecule has 4 nitrogen and oxygen atoms in total. The van der Waals surface area contributed by atoms with Crippen molar-refractivity contribution in [2.24, 2.45) is 0 Å². The van der Waals surface area contributed by atoms with Gasteiger partial charge in [-0.25, -0.2) is 4.39 Å². The summed E-state index contributed by atoms with van der Waals surface area (Å²) in [5.41, 5.74) is 7.32. The molecule has 0 spiro atoms. The van der Waals surface area contributed by atoms with Crippen LogP contribution in [-0.2, 0) is 4.79 Å². The number of amides is 1. The van der Waals surface area contributed by atoms with E-state index in [0.717, 1.165) is 12.0 Å². The second-order valence-corrected chi connectivity index (χ2v) is 4.95. The van der Waals surface area contributed by atoms with Crippen molar-refractivity contribution in [3.8, 4) is 5.75 Å². The molecule has 3 N–H and O–H groups in total. The van der Waals surface area contributed by atoms with E-state index >= 15 is 0 Å². The van der Waals surface area contributed by atoms with Gasteiger partial charge in [0, 0.05) is 6.08 Å². The van der Waals surface area contributed by atoms with Gasteiger partial charge in [0.1, 0.15) is 11.6 Å². The zero-order chi connectivity index (χ0) is 16.7. The minimum atomic E-state index is -0.476. The van der Waals surface area contributed by atoms with Gasteiger partial charge in [-0.05, 0) is 42.3 Å². The quantitative estimate of drug-likeness (QED) is 0.629. The summed E-state index contributed by atoms with van der Waals surface area (Å²) in [6.45, 7) is 2.62. The van der Waals surface area contributed by atoms with E-state index in [-0.39, 0.29) is 5.69 Å². The van der Waals surface area contributed by atoms with Crippen molar-refractivity contribution < 1.29 is 13.9 Å². The molecule has 5 heteroatoms. The van der Waals surface area contributed by atoms with Gasteiger partial charge < -0.3 is 15.8 Å². The van der Waals surface area contributed by atoms with E-state index in [1.54, 1.807) is 36.4 Å². The average Bonchev–Trinajstić information content (AvgIpc) is 2.54. The highest BCUT2D eigenvalue weighted by molar-refractivity contribution is 6.02. The topological polar surface area (TPSA) is 64.3 Å². The molecule has 0 fully saturated rings. The first-order valence-electron chi connectivity index (χ1n) is 7.36. The van der Waals surface area contributed by atoms with Gasteiger partial charge in [-0.1, -0.05) is 25.1 Å². The van der Waals surface area contributed by atoms with E-state index < -0.39 is 11.7 Å². The summed E-state index contributed by atoms with van der Waals surface area (Å²) in [6, 6.07) is 11.3. The summed E-state index contributed by atoms with van der Waals surface area (Å²) in [7, 11) is 0. The molecule has 0 radical (unpaired) electrons. The minimum Gasteiger partial charge on any atom is -0.491 e. The molecule has 2 rings (SSSR count). The molecule has 1 amide bonds. The Labute approximate surface area is 134 Å². The molecule has 0 aliphatic heterocycles. The van der Waals surface area contributed by atoms with Crippen LogP contribution < -0.4 is 15.8 Å². The number of para-hydroxylation sites is 1. The SMILES string of the molecule is CCCOc1ccc(/C=C\C(=O)Nc2ccccc2F)cc1N. The van der Waals surface area contributed by atoms with Gasteiger partial charge >= 0.3 is 0 Å². The lowest BCUT2D eigenvalue weighted by Crippen LogP contribution is -2.09. The van der Waals surface area contributed by atoms with Gasteiger partial charge in [-0.3, -0.25) is 4.79 Å². The Morgan fingerprint density at radius 3 is 2.78 bits per heavy atom. The van der Waals surface area contributed by atoms with E-state index in [0.29, 0.717) is 18.0 Å². The molecule has 0 unspecified atom stereocenters. The maximum absolute atomic E-state index is 13.4. The lowest BCUT2D eigenvalue weighted by molar-refractivity contribution is -0.111. The fraction of sp³-hybridized carbons (Fsp3) is 0.167. The monoisotopic (exact) mass is 314 g/mol. The molecule has 0 aliphatic carbocycles. The standard InChI is InChI=1S/C18H19FN2O2/c1-2-11-23-17-9-7-13(12-15(17)20)8-10-18(22)21-16-6-4-3-5-14(16)19/h3-10,12H,2,11,20H2,1H3,(H,21,22)/b10-8-. The zero-order valence-electron chi connectivity index (χ0n) is 12.9. The summed E-state index contributed by atoms with van der Waals surface area (Å²) in [6.07, 6.45) is 3.83. The second kappa shape index (κ2) is 7.98. The number of anilines is 2. The van der Waals surface area contributed by atoms with Crippen LogP contribution in [0.2, 0.25) is 0 Å². The van der Waals surface area contributed by atoms with E-state index in [2.05, 4.69) is 5.32 Å². The van der Waals surface area contributed by atoms with Crippen LogP contribution in [-0.4, -0.2) is 12.5 Å². The molecule has 23 heavy (non-hydrogen) atoms. The van der Waals surface area contributed by atoms with Crippen molar-refractivity contribution in [2.45, 2.75) is 13.3 Å². The Morgan fingerprint density at radius 2 is 2.09 bits per heavy atom. The number of nitrogens with one attached hydrogen (secondary N) is 1. The highest BCUT2D eigenvalue weighted by Gasteiger charge is 2.04. The average molecular weight is 314 g/mol. The fourth-order valence-corrected chi connectivity index (χ4v) is 1.92. The lowest BCUT2D eigenvalue weighted by atomic mass is 10.1. The van der Waals surface area contributed by atoms with Gasteiger partial charge in [0.15, 0.2) is 0 Å². The van der Waals surface area contributed by atoms with Crippen LogP contribution in [0.5, 0.6) is 5.75 Å². The van der Waals surface area contributed by atoms with Gasteiger partial charge in [0.05, 0.1) is 18.0 Å². The minimum absolute atomic E-state index is 0.143. The first kappa shape index (κ1) is 16.5. The number of carbonyl (C=O) groups is 1. The maximum Gasteiger partial charge on any atom is 0.248 e. The zero-order valence-corrected chi connectivity index (χ0v) is 12.9. The molecule has 0 saturated carbocycles. The molecule has 120 valence electrons. The molecular weight excluding hydrogens is 295 g/mol. The Hall–Kier alpha value is -2.82. The van der Waals surface area contributed by atoms with Gasteiger partial charge in [-0.2, -0.15) is 0 Å². The van der Waals surface area contributed by atoms with Crippen molar-refractivity contribution >= 4 is 23.4 Å². The molecule has 0 bridgehead atoms. The third-order valence-electron chi connectivity index (χ3n) is 3.05. The predicted molar refractivity (Wildman–Crippen MR) is 90.7 cm³/mol. The fourth-order valence-electron chi connectivity index (χ4n) is 1.92. The molecule has 0 saturated heterocycles. The largest absolute Gasteiger partial charge is 0.491 e. The first-order chi connectivity index (χ1) is 11.1. The van der Waals surface area contributed by atoms with E-state index in [1.165, 1.54) is 18.2 Å². The van der Waals surface area contributed by atoms with Crippen molar-refractivity contribution in [1.82, 2.24) is 0 Å². The third-order valence-corrected chi connectivity index (χ3v) is 3.05. The van der Waals surface area contributed by atoms with Crippen LogP contribution in [0.1, 0.15) is 18.9 Å². The number of ether oxygens (including phenoxy) is 1. The predicted octanol–water partition coefficient (Wildman–Crippen LogP) is 3.85. The van der Waals surface area contributed by atoms with E-state index in [1.807, 2.05) is 6.92 Å². The molecular formula is C18H19FN2O2. The number of hydrogen-bond acceptors (Lipinski definition) is 3. The molecule has 2 aromatic rings.